The summed E-state index contributed by atoms with van der Waals surface area (Å²) in [5.41, 5.74) is 0. The quantitative estimate of drug-likeness (QED) is 0.759. The Kier molecular flexibility index (Phi) is 5.17. The number of nitriles is 1. The molecule has 5 heteroatoms. The molecule has 0 aliphatic carbocycles. The molecule has 2 saturated heterocycles. The molecule has 2 fully saturated rings. The molecule has 2 rings (SSSR count). The van der Waals surface area contributed by atoms with Crippen LogP contribution in [0.15, 0.2) is 0 Å². The van der Waals surface area contributed by atoms with Crippen LogP contribution in [0.1, 0.15) is 26.2 Å². The second-order valence-electron chi connectivity index (χ2n) is 5.30. The number of piperazine rings is 1. The molecule has 0 aromatic heterocycles. The molecule has 1 amide bonds. The van der Waals surface area contributed by atoms with Gasteiger partial charge in [0.15, 0.2) is 0 Å². The highest BCUT2D eigenvalue weighted by atomic mass is 16.5. The second kappa shape index (κ2) is 6.88. The molecule has 0 saturated carbocycles. The van der Waals surface area contributed by atoms with Crippen LogP contribution in [0.25, 0.3) is 0 Å². The zero-order valence-corrected chi connectivity index (χ0v) is 11.7. The molecule has 0 bridgehead atoms. The maximum atomic E-state index is 12.4. The van der Waals surface area contributed by atoms with Gasteiger partial charge in [0.05, 0.1) is 12.1 Å². The van der Waals surface area contributed by atoms with E-state index in [1.807, 2.05) is 11.8 Å². The summed E-state index contributed by atoms with van der Waals surface area (Å²) in [5.74, 6) is 0.436. The maximum absolute atomic E-state index is 12.4. The van der Waals surface area contributed by atoms with Gasteiger partial charge in [0.1, 0.15) is 0 Å². The molecule has 0 aromatic carbocycles. The first kappa shape index (κ1) is 14.3. The molecule has 0 spiro atoms. The standard InChI is InChI=1S/C14H23N3O2/c1-2-13(11-15)16-5-7-17(8-6-16)14(18)12-3-9-19-10-4-12/h12-13H,2-10H2,1H3. The average Bonchev–Trinajstić information content (AvgIpc) is 2.49. The minimum absolute atomic E-state index is 0.000308. The van der Waals surface area contributed by atoms with Gasteiger partial charge in [-0.1, -0.05) is 6.92 Å². The monoisotopic (exact) mass is 265 g/mol. The van der Waals surface area contributed by atoms with Crippen LogP contribution in [0.4, 0.5) is 0 Å². The van der Waals surface area contributed by atoms with Crippen molar-refractivity contribution in [3.8, 4) is 6.07 Å². The maximum Gasteiger partial charge on any atom is 0.225 e. The fraction of sp³-hybridized carbons (Fsp3) is 0.857. The highest BCUT2D eigenvalue weighted by Gasteiger charge is 2.30. The summed E-state index contributed by atoms with van der Waals surface area (Å²) >= 11 is 0. The van der Waals surface area contributed by atoms with E-state index in [0.717, 1.165) is 45.4 Å². The van der Waals surface area contributed by atoms with Crippen LogP contribution in [0.5, 0.6) is 0 Å². The molecule has 5 nitrogen and oxygen atoms in total. The van der Waals surface area contributed by atoms with E-state index >= 15 is 0 Å². The summed E-state index contributed by atoms with van der Waals surface area (Å²) in [5, 5.41) is 9.07. The van der Waals surface area contributed by atoms with E-state index in [4.69, 9.17) is 10.00 Å². The second-order valence-corrected chi connectivity index (χ2v) is 5.30. The summed E-state index contributed by atoms with van der Waals surface area (Å²) in [4.78, 5) is 16.5. The van der Waals surface area contributed by atoms with Crippen molar-refractivity contribution in [3.63, 3.8) is 0 Å². The third-order valence-electron chi connectivity index (χ3n) is 4.17. The molecular weight excluding hydrogens is 242 g/mol. The van der Waals surface area contributed by atoms with Gasteiger partial charge in [0.25, 0.3) is 0 Å². The molecular formula is C14H23N3O2. The Morgan fingerprint density at radius 2 is 1.95 bits per heavy atom. The zero-order chi connectivity index (χ0) is 13.7. The van der Waals surface area contributed by atoms with E-state index in [2.05, 4.69) is 11.0 Å². The Morgan fingerprint density at radius 1 is 1.32 bits per heavy atom. The molecule has 2 aliphatic rings. The SMILES string of the molecule is CCC(C#N)N1CCN(C(=O)C2CCOCC2)CC1. The number of hydrogen-bond acceptors (Lipinski definition) is 4. The lowest BCUT2D eigenvalue weighted by atomic mass is 9.98. The van der Waals surface area contributed by atoms with E-state index in [1.54, 1.807) is 0 Å². The van der Waals surface area contributed by atoms with Crippen molar-refractivity contribution in [1.29, 1.82) is 5.26 Å². The number of hydrogen-bond donors (Lipinski definition) is 0. The van der Waals surface area contributed by atoms with Crippen molar-refractivity contribution in [2.75, 3.05) is 39.4 Å². The number of carbonyl (C=O) groups excluding carboxylic acids is 1. The van der Waals surface area contributed by atoms with E-state index in [0.29, 0.717) is 13.2 Å². The molecule has 2 heterocycles. The average molecular weight is 265 g/mol. The molecule has 0 N–H and O–H groups in total. The fourth-order valence-electron chi connectivity index (χ4n) is 2.89. The summed E-state index contributed by atoms with van der Waals surface area (Å²) in [6, 6.07) is 2.34. The molecule has 1 unspecified atom stereocenters. The Morgan fingerprint density at radius 3 is 2.47 bits per heavy atom. The van der Waals surface area contributed by atoms with Gasteiger partial charge in [-0.2, -0.15) is 5.26 Å². The summed E-state index contributed by atoms with van der Waals surface area (Å²) < 4.78 is 5.30. The normalized spacial score (nSPS) is 23.9. The van der Waals surface area contributed by atoms with Gasteiger partial charge in [-0.25, -0.2) is 0 Å². The predicted octanol–water partition coefficient (Wildman–Crippen LogP) is 0.859. The van der Waals surface area contributed by atoms with Crippen LogP contribution in [0, 0.1) is 17.2 Å². The molecule has 0 radical (unpaired) electrons. The minimum atomic E-state index is 0.000308. The third-order valence-corrected chi connectivity index (χ3v) is 4.17. The van der Waals surface area contributed by atoms with Crippen molar-refractivity contribution in [1.82, 2.24) is 9.80 Å². The Labute approximate surface area is 115 Å². The van der Waals surface area contributed by atoms with Crippen LogP contribution in [-0.4, -0.2) is 61.1 Å². The third kappa shape index (κ3) is 3.46. The van der Waals surface area contributed by atoms with Crippen LogP contribution in [0.3, 0.4) is 0 Å². The van der Waals surface area contributed by atoms with E-state index in [1.165, 1.54) is 0 Å². The molecule has 0 aromatic rings. The lowest BCUT2D eigenvalue weighted by Crippen LogP contribution is -2.53. The topological polar surface area (TPSA) is 56.6 Å². The van der Waals surface area contributed by atoms with Crippen LogP contribution in [0.2, 0.25) is 0 Å². The summed E-state index contributed by atoms with van der Waals surface area (Å²) in [7, 11) is 0. The van der Waals surface area contributed by atoms with Gasteiger partial charge >= 0.3 is 0 Å². The largest absolute Gasteiger partial charge is 0.381 e. The molecule has 19 heavy (non-hydrogen) atoms. The lowest BCUT2D eigenvalue weighted by molar-refractivity contribution is -0.140. The van der Waals surface area contributed by atoms with Crippen molar-refractivity contribution in [2.24, 2.45) is 5.92 Å². The van der Waals surface area contributed by atoms with Gasteiger partial charge in [0, 0.05) is 45.3 Å². The highest BCUT2D eigenvalue weighted by molar-refractivity contribution is 5.79. The van der Waals surface area contributed by atoms with Gasteiger partial charge in [-0.15, -0.1) is 0 Å². The first-order valence-electron chi connectivity index (χ1n) is 7.26. The number of nitrogens with zero attached hydrogens (tertiary/aromatic N) is 3. The zero-order valence-electron chi connectivity index (χ0n) is 11.7. The van der Waals surface area contributed by atoms with Crippen LogP contribution in [-0.2, 0) is 9.53 Å². The van der Waals surface area contributed by atoms with Gasteiger partial charge < -0.3 is 9.64 Å². The first-order chi connectivity index (χ1) is 9.26. The first-order valence-corrected chi connectivity index (χ1v) is 7.26. The summed E-state index contributed by atoms with van der Waals surface area (Å²) in [6.45, 7) is 6.61. The highest BCUT2D eigenvalue weighted by Crippen LogP contribution is 2.19. The van der Waals surface area contributed by atoms with E-state index in [-0.39, 0.29) is 17.9 Å². The van der Waals surface area contributed by atoms with Crippen LogP contribution >= 0.6 is 0 Å². The molecule has 1 atom stereocenters. The van der Waals surface area contributed by atoms with Gasteiger partial charge in [-0.3, -0.25) is 9.69 Å². The summed E-state index contributed by atoms with van der Waals surface area (Å²) in [6.07, 6.45) is 2.56. The number of ether oxygens (including phenoxy) is 1. The van der Waals surface area contributed by atoms with Gasteiger partial charge in [-0.05, 0) is 19.3 Å². The number of amides is 1. The molecule has 2 aliphatic heterocycles. The molecule has 106 valence electrons. The number of rotatable bonds is 3. The van der Waals surface area contributed by atoms with Crippen molar-refractivity contribution in [2.45, 2.75) is 32.2 Å². The van der Waals surface area contributed by atoms with Gasteiger partial charge in [0.2, 0.25) is 5.91 Å². The fourth-order valence-corrected chi connectivity index (χ4v) is 2.89. The smallest absolute Gasteiger partial charge is 0.225 e. The van der Waals surface area contributed by atoms with Crippen molar-refractivity contribution >= 4 is 5.91 Å². The Bertz CT molecular complexity index is 339. The Balaban J connectivity index is 1.82. The van der Waals surface area contributed by atoms with E-state index < -0.39 is 0 Å². The van der Waals surface area contributed by atoms with Crippen LogP contribution < -0.4 is 0 Å². The number of carbonyl (C=O) groups is 1. The van der Waals surface area contributed by atoms with Crippen molar-refractivity contribution in [3.05, 3.63) is 0 Å². The van der Waals surface area contributed by atoms with Crippen molar-refractivity contribution < 1.29 is 9.53 Å². The Hall–Kier alpha value is -1.12. The lowest BCUT2D eigenvalue weighted by Gasteiger charge is -2.38. The minimum Gasteiger partial charge on any atom is -0.381 e. The predicted molar refractivity (Wildman–Crippen MR) is 71.4 cm³/mol. The van der Waals surface area contributed by atoms with E-state index in [9.17, 15) is 4.79 Å².